The Balaban J connectivity index is 1.72. The zero-order valence-electron chi connectivity index (χ0n) is 14.8. The van der Waals surface area contributed by atoms with Gasteiger partial charge in [0.2, 0.25) is 5.82 Å². The van der Waals surface area contributed by atoms with Crippen LogP contribution in [0, 0.1) is 17.5 Å². The summed E-state index contributed by atoms with van der Waals surface area (Å²) >= 11 is 0. The maximum absolute atomic E-state index is 14.2. The highest BCUT2D eigenvalue weighted by molar-refractivity contribution is 5.65. The van der Waals surface area contributed by atoms with Crippen LogP contribution in [0.1, 0.15) is 5.56 Å². The minimum Gasteiger partial charge on any atom is -0.494 e. The van der Waals surface area contributed by atoms with Crippen LogP contribution < -0.4 is 14.2 Å². The molecule has 0 heterocycles. The van der Waals surface area contributed by atoms with Crippen LogP contribution in [-0.2, 0) is 6.61 Å². The second kappa shape index (κ2) is 8.03. The molecule has 0 bridgehead atoms. The molecule has 0 spiro atoms. The van der Waals surface area contributed by atoms with E-state index in [1.807, 2.05) is 0 Å². The van der Waals surface area contributed by atoms with E-state index in [2.05, 4.69) is 0 Å². The van der Waals surface area contributed by atoms with Crippen molar-refractivity contribution in [2.24, 2.45) is 0 Å². The van der Waals surface area contributed by atoms with Gasteiger partial charge in [-0.25, -0.2) is 8.78 Å². The van der Waals surface area contributed by atoms with Crippen molar-refractivity contribution in [3.05, 3.63) is 77.6 Å². The molecule has 3 rings (SSSR count). The van der Waals surface area contributed by atoms with Gasteiger partial charge in [0.15, 0.2) is 23.1 Å². The molecule has 0 aliphatic rings. The summed E-state index contributed by atoms with van der Waals surface area (Å²) in [4.78, 5) is 0. The van der Waals surface area contributed by atoms with Crippen molar-refractivity contribution in [1.82, 2.24) is 0 Å². The van der Waals surface area contributed by atoms with Crippen molar-refractivity contribution in [1.29, 1.82) is 0 Å². The smallest absolute Gasteiger partial charge is 0.201 e. The molecular formula is C21H17F3O3. The molecule has 3 aromatic rings. The predicted molar refractivity (Wildman–Crippen MR) is 95.6 cm³/mol. The fourth-order valence-electron chi connectivity index (χ4n) is 2.60. The largest absolute Gasteiger partial charge is 0.494 e. The fourth-order valence-corrected chi connectivity index (χ4v) is 2.60. The Hall–Kier alpha value is -3.15. The third-order valence-corrected chi connectivity index (χ3v) is 4.06. The first-order valence-corrected chi connectivity index (χ1v) is 8.11. The van der Waals surface area contributed by atoms with Gasteiger partial charge in [0.25, 0.3) is 0 Å². The molecule has 0 amide bonds. The zero-order chi connectivity index (χ0) is 19.4. The van der Waals surface area contributed by atoms with E-state index in [9.17, 15) is 13.2 Å². The predicted octanol–water partition coefficient (Wildman–Crippen LogP) is 5.37. The van der Waals surface area contributed by atoms with Gasteiger partial charge in [-0.05, 0) is 35.4 Å². The SMILES string of the molecule is COc1ccc(OCc2ccc(-c3ccc(OC)c(F)c3F)cc2)cc1F. The summed E-state index contributed by atoms with van der Waals surface area (Å²) in [7, 11) is 2.67. The Bertz CT molecular complexity index is 940. The van der Waals surface area contributed by atoms with E-state index in [0.29, 0.717) is 11.3 Å². The lowest BCUT2D eigenvalue weighted by molar-refractivity contribution is 0.302. The summed E-state index contributed by atoms with van der Waals surface area (Å²) in [6, 6.07) is 14.0. The highest BCUT2D eigenvalue weighted by Gasteiger charge is 2.15. The number of hydrogen-bond donors (Lipinski definition) is 0. The second-order valence-electron chi connectivity index (χ2n) is 5.73. The molecule has 6 heteroatoms. The summed E-state index contributed by atoms with van der Waals surface area (Å²) in [6.07, 6.45) is 0. The molecule has 0 unspecified atom stereocenters. The highest BCUT2D eigenvalue weighted by atomic mass is 19.2. The molecule has 0 saturated heterocycles. The molecule has 0 saturated carbocycles. The van der Waals surface area contributed by atoms with Crippen molar-refractivity contribution < 1.29 is 27.4 Å². The number of ether oxygens (including phenoxy) is 3. The van der Waals surface area contributed by atoms with Crippen molar-refractivity contribution in [2.75, 3.05) is 14.2 Å². The van der Waals surface area contributed by atoms with E-state index in [-0.39, 0.29) is 23.7 Å². The van der Waals surface area contributed by atoms with Gasteiger partial charge >= 0.3 is 0 Å². The lowest BCUT2D eigenvalue weighted by Gasteiger charge is -2.10. The molecule has 0 aliphatic heterocycles. The molecular weight excluding hydrogens is 357 g/mol. The summed E-state index contributed by atoms with van der Waals surface area (Å²) in [5.74, 6) is -2.15. The number of benzene rings is 3. The van der Waals surface area contributed by atoms with Crippen molar-refractivity contribution in [2.45, 2.75) is 6.61 Å². The molecule has 3 nitrogen and oxygen atoms in total. The Labute approximate surface area is 154 Å². The molecule has 0 aromatic heterocycles. The average Bonchev–Trinajstić information content (AvgIpc) is 2.69. The first-order valence-electron chi connectivity index (χ1n) is 8.11. The van der Waals surface area contributed by atoms with Crippen LogP contribution in [0.15, 0.2) is 54.6 Å². The van der Waals surface area contributed by atoms with E-state index >= 15 is 0 Å². The lowest BCUT2D eigenvalue weighted by atomic mass is 10.0. The van der Waals surface area contributed by atoms with E-state index in [1.165, 1.54) is 38.5 Å². The Morgan fingerprint density at radius 1 is 0.741 bits per heavy atom. The van der Waals surface area contributed by atoms with Crippen molar-refractivity contribution in [3.63, 3.8) is 0 Å². The van der Waals surface area contributed by atoms with Crippen LogP contribution >= 0.6 is 0 Å². The van der Waals surface area contributed by atoms with Gasteiger partial charge in [0.1, 0.15) is 12.4 Å². The maximum atomic E-state index is 14.2. The van der Waals surface area contributed by atoms with Gasteiger partial charge in [0.05, 0.1) is 14.2 Å². The molecule has 0 aliphatic carbocycles. The van der Waals surface area contributed by atoms with Gasteiger partial charge in [-0.1, -0.05) is 24.3 Å². The van der Waals surface area contributed by atoms with Crippen LogP contribution in [0.5, 0.6) is 17.2 Å². The Morgan fingerprint density at radius 3 is 2.04 bits per heavy atom. The van der Waals surface area contributed by atoms with Gasteiger partial charge in [-0.3, -0.25) is 0 Å². The zero-order valence-corrected chi connectivity index (χ0v) is 14.8. The van der Waals surface area contributed by atoms with E-state index in [4.69, 9.17) is 14.2 Å². The second-order valence-corrected chi connectivity index (χ2v) is 5.73. The third-order valence-electron chi connectivity index (χ3n) is 4.06. The summed E-state index contributed by atoms with van der Waals surface area (Å²) in [5.41, 5.74) is 1.45. The lowest BCUT2D eigenvalue weighted by Crippen LogP contribution is -1.97. The molecule has 0 N–H and O–H groups in total. The molecule has 0 fully saturated rings. The van der Waals surface area contributed by atoms with Gasteiger partial charge in [-0.15, -0.1) is 0 Å². The normalized spacial score (nSPS) is 10.6. The van der Waals surface area contributed by atoms with Gasteiger partial charge in [-0.2, -0.15) is 4.39 Å². The van der Waals surface area contributed by atoms with E-state index in [1.54, 1.807) is 30.3 Å². The topological polar surface area (TPSA) is 27.7 Å². The number of methoxy groups -OCH3 is 2. The number of hydrogen-bond acceptors (Lipinski definition) is 3. The van der Waals surface area contributed by atoms with E-state index < -0.39 is 17.5 Å². The molecule has 27 heavy (non-hydrogen) atoms. The summed E-state index contributed by atoms with van der Waals surface area (Å²) in [6.45, 7) is 0.200. The van der Waals surface area contributed by atoms with Crippen LogP contribution in [0.2, 0.25) is 0 Å². The third kappa shape index (κ3) is 4.00. The van der Waals surface area contributed by atoms with Crippen LogP contribution in [0.3, 0.4) is 0 Å². The van der Waals surface area contributed by atoms with Crippen LogP contribution in [0.25, 0.3) is 11.1 Å². The summed E-state index contributed by atoms with van der Waals surface area (Å²) < 4.78 is 56.9. The molecule has 0 radical (unpaired) electrons. The Morgan fingerprint density at radius 2 is 1.41 bits per heavy atom. The molecule has 0 atom stereocenters. The monoisotopic (exact) mass is 374 g/mol. The highest BCUT2D eigenvalue weighted by Crippen LogP contribution is 2.30. The van der Waals surface area contributed by atoms with Crippen molar-refractivity contribution in [3.8, 4) is 28.4 Å². The standard InChI is InChI=1S/C21H17F3O3/c1-25-18-9-7-15(11-17(18)22)27-12-13-3-5-14(6-4-13)16-8-10-19(26-2)21(24)20(16)23/h3-11H,12H2,1-2H3. The molecule has 140 valence electrons. The Kier molecular flexibility index (Phi) is 5.54. The minimum absolute atomic E-state index is 0.137. The van der Waals surface area contributed by atoms with Gasteiger partial charge < -0.3 is 14.2 Å². The quantitative estimate of drug-likeness (QED) is 0.581. The van der Waals surface area contributed by atoms with E-state index in [0.717, 1.165) is 5.56 Å². The fraction of sp³-hybridized carbons (Fsp3) is 0.143. The number of rotatable bonds is 6. The summed E-state index contributed by atoms with van der Waals surface area (Å²) in [5, 5.41) is 0. The first kappa shape index (κ1) is 18.6. The first-order chi connectivity index (χ1) is 13.0. The van der Waals surface area contributed by atoms with Crippen LogP contribution in [-0.4, -0.2) is 14.2 Å². The van der Waals surface area contributed by atoms with Crippen molar-refractivity contribution >= 4 is 0 Å². The minimum atomic E-state index is -1.02. The molecule has 3 aromatic carbocycles. The average molecular weight is 374 g/mol. The number of halogens is 3. The van der Waals surface area contributed by atoms with Gasteiger partial charge in [0, 0.05) is 11.6 Å². The maximum Gasteiger partial charge on any atom is 0.201 e. The van der Waals surface area contributed by atoms with Crippen LogP contribution in [0.4, 0.5) is 13.2 Å².